The van der Waals surface area contributed by atoms with E-state index in [1.54, 1.807) is 13.2 Å². The third kappa shape index (κ3) is 6.88. The minimum atomic E-state index is 0. The molecule has 152 valence electrons. The molecule has 1 atom stereocenters. The zero-order valence-corrected chi connectivity index (χ0v) is 19.1. The topological polar surface area (TPSA) is 61.8 Å². The van der Waals surface area contributed by atoms with Crippen LogP contribution in [0.15, 0.2) is 53.7 Å². The largest absolute Gasteiger partial charge is 0.379 e. The van der Waals surface area contributed by atoms with E-state index >= 15 is 0 Å². The molecule has 2 heterocycles. The van der Waals surface area contributed by atoms with Crippen molar-refractivity contribution in [2.75, 3.05) is 39.9 Å². The highest BCUT2D eigenvalue weighted by atomic mass is 127. The predicted octanol–water partition coefficient (Wildman–Crippen LogP) is 3.09. The third-order valence-electron chi connectivity index (χ3n) is 4.57. The van der Waals surface area contributed by atoms with Crippen LogP contribution >= 0.6 is 35.6 Å². The van der Waals surface area contributed by atoms with Crippen molar-refractivity contribution in [3.05, 3.63) is 64.9 Å². The molecule has 0 aliphatic carbocycles. The number of rotatable bonds is 6. The van der Waals surface area contributed by atoms with Crippen LogP contribution in [-0.2, 0) is 11.3 Å². The molecule has 1 saturated heterocycles. The number of ether oxygens (including phenoxy) is 1. The Morgan fingerprint density at radius 2 is 2.04 bits per heavy atom. The predicted molar refractivity (Wildman–Crippen MR) is 124 cm³/mol. The van der Waals surface area contributed by atoms with Gasteiger partial charge >= 0.3 is 0 Å². The average molecular weight is 516 g/mol. The molecule has 0 saturated carbocycles. The number of hydrogen-bond acceptors (Lipinski definition) is 4. The Morgan fingerprint density at radius 3 is 2.71 bits per heavy atom. The summed E-state index contributed by atoms with van der Waals surface area (Å²) in [7, 11) is 1.77. The van der Waals surface area contributed by atoms with E-state index in [4.69, 9.17) is 16.3 Å². The molecule has 0 radical (unpaired) electrons. The molecule has 0 amide bonds. The molecule has 1 aromatic carbocycles. The molecule has 1 fully saturated rings. The number of benzene rings is 1. The molecule has 1 aromatic heterocycles. The second-order valence-electron chi connectivity index (χ2n) is 6.35. The lowest BCUT2D eigenvalue weighted by molar-refractivity contribution is 0.0170. The van der Waals surface area contributed by atoms with E-state index in [9.17, 15) is 0 Å². The van der Waals surface area contributed by atoms with Gasteiger partial charge < -0.3 is 15.4 Å². The zero-order chi connectivity index (χ0) is 18.9. The number of guanidine groups is 1. The maximum atomic E-state index is 6.23. The summed E-state index contributed by atoms with van der Waals surface area (Å²) in [6.07, 6.45) is 1.79. The Kier molecular flexibility index (Phi) is 9.97. The summed E-state index contributed by atoms with van der Waals surface area (Å²) < 4.78 is 5.51. The van der Waals surface area contributed by atoms with Crippen LogP contribution in [0.5, 0.6) is 0 Å². The van der Waals surface area contributed by atoms with E-state index in [2.05, 4.69) is 31.6 Å². The molecular weight excluding hydrogens is 489 g/mol. The van der Waals surface area contributed by atoms with Crippen LogP contribution in [0.1, 0.15) is 17.3 Å². The smallest absolute Gasteiger partial charge is 0.191 e. The van der Waals surface area contributed by atoms with Crippen LogP contribution in [0.4, 0.5) is 0 Å². The quantitative estimate of drug-likeness (QED) is 0.352. The molecule has 1 unspecified atom stereocenters. The number of nitrogens with one attached hydrogen (secondary N) is 2. The first-order chi connectivity index (χ1) is 13.3. The number of aromatic nitrogens is 1. The third-order valence-corrected chi connectivity index (χ3v) is 4.80. The Bertz CT molecular complexity index is 740. The summed E-state index contributed by atoms with van der Waals surface area (Å²) in [5.74, 6) is 0.751. The van der Waals surface area contributed by atoms with Crippen LogP contribution < -0.4 is 10.6 Å². The Morgan fingerprint density at radius 1 is 1.21 bits per heavy atom. The normalized spacial score (nSPS) is 16.1. The van der Waals surface area contributed by atoms with Gasteiger partial charge in [-0.2, -0.15) is 0 Å². The second kappa shape index (κ2) is 12.2. The highest BCUT2D eigenvalue weighted by molar-refractivity contribution is 14.0. The second-order valence-corrected chi connectivity index (χ2v) is 6.78. The molecule has 28 heavy (non-hydrogen) atoms. The lowest BCUT2D eigenvalue weighted by Gasteiger charge is -2.35. The summed E-state index contributed by atoms with van der Waals surface area (Å²) in [6.45, 7) is 4.66. The fraction of sp³-hybridized carbons (Fsp3) is 0.400. The van der Waals surface area contributed by atoms with Crippen LogP contribution in [0.25, 0.3) is 0 Å². The monoisotopic (exact) mass is 515 g/mol. The lowest BCUT2D eigenvalue weighted by atomic mass is 10.0. The fourth-order valence-electron chi connectivity index (χ4n) is 3.15. The highest BCUT2D eigenvalue weighted by Gasteiger charge is 2.23. The highest BCUT2D eigenvalue weighted by Crippen LogP contribution is 2.23. The molecule has 0 bridgehead atoms. The van der Waals surface area contributed by atoms with Crippen LogP contribution in [-0.4, -0.2) is 55.7 Å². The first-order valence-corrected chi connectivity index (χ1v) is 9.56. The van der Waals surface area contributed by atoms with Gasteiger partial charge in [0.25, 0.3) is 0 Å². The van der Waals surface area contributed by atoms with Gasteiger partial charge in [-0.3, -0.25) is 14.9 Å². The van der Waals surface area contributed by atoms with Gasteiger partial charge in [-0.25, -0.2) is 0 Å². The minimum Gasteiger partial charge on any atom is -0.379 e. The SMILES string of the molecule is CN=C(NCc1ccccn1)NCC(c1cccc(Cl)c1)N1CCOCC1.I. The maximum absolute atomic E-state index is 6.23. The van der Waals surface area contributed by atoms with Gasteiger partial charge in [0.15, 0.2) is 5.96 Å². The number of morpholine rings is 1. The number of hydrogen-bond donors (Lipinski definition) is 2. The summed E-state index contributed by atoms with van der Waals surface area (Å²) in [5, 5.41) is 7.51. The minimum absolute atomic E-state index is 0. The first kappa shape index (κ1) is 22.9. The molecule has 1 aliphatic rings. The molecule has 0 spiro atoms. The van der Waals surface area contributed by atoms with Crippen LogP contribution in [0, 0.1) is 0 Å². The van der Waals surface area contributed by atoms with Gasteiger partial charge in [0.1, 0.15) is 0 Å². The van der Waals surface area contributed by atoms with E-state index in [1.807, 2.05) is 36.4 Å². The van der Waals surface area contributed by atoms with Crippen LogP contribution in [0.3, 0.4) is 0 Å². The summed E-state index contributed by atoms with van der Waals surface area (Å²) >= 11 is 6.23. The first-order valence-electron chi connectivity index (χ1n) is 9.18. The van der Waals surface area contributed by atoms with Crippen molar-refractivity contribution in [1.82, 2.24) is 20.5 Å². The van der Waals surface area contributed by atoms with Crippen molar-refractivity contribution >= 4 is 41.5 Å². The van der Waals surface area contributed by atoms with Gasteiger partial charge in [0, 0.05) is 37.9 Å². The molecule has 6 nitrogen and oxygen atoms in total. The Labute approximate surface area is 188 Å². The van der Waals surface area contributed by atoms with Crippen molar-refractivity contribution in [3.63, 3.8) is 0 Å². The molecule has 2 N–H and O–H groups in total. The van der Waals surface area contributed by atoms with Gasteiger partial charge in [-0.1, -0.05) is 29.8 Å². The molecule has 3 rings (SSSR count). The van der Waals surface area contributed by atoms with Crippen molar-refractivity contribution in [1.29, 1.82) is 0 Å². The van der Waals surface area contributed by atoms with Crippen LogP contribution in [0.2, 0.25) is 5.02 Å². The standard InChI is InChI=1S/C20H26ClN5O.HI/c1-22-20(24-14-18-7-2-3-8-23-18)25-15-19(26-9-11-27-12-10-26)16-5-4-6-17(21)13-16;/h2-8,13,19H,9-12,14-15H2,1H3,(H2,22,24,25);1H. The van der Waals surface area contributed by atoms with Gasteiger partial charge in [-0.05, 0) is 29.8 Å². The van der Waals surface area contributed by atoms with Crippen molar-refractivity contribution in [2.45, 2.75) is 12.6 Å². The summed E-state index contributed by atoms with van der Waals surface area (Å²) in [6, 6.07) is 14.1. The fourth-order valence-corrected chi connectivity index (χ4v) is 3.35. The summed E-state index contributed by atoms with van der Waals surface area (Å²) in [4.78, 5) is 11.1. The molecule has 8 heteroatoms. The summed E-state index contributed by atoms with van der Waals surface area (Å²) in [5.41, 5.74) is 2.16. The molecule has 1 aliphatic heterocycles. The maximum Gasteiger partial charge on any atom is 0.191 e. The van der Waals surface area contributed by atoms with E-state index in [1.165, 1.54) is 5.56 Å². The van der Waals surface area contributed by atoms with Crippen molar-refractivity contribution < 1.29 is 4.74 Å². The number of halogens is 2. The lowest BCUT2D eigenvalue weighted by Crippen LogP contribution is -2.46. The van der Waals surface area contributed by atoms with Gasteiger partial charge in [0.2, 0.25) is 0 Å². The van der Waals surface area contributed by atoms with E-state index in [0.717, 1.165) is 49.5 Å². The zero-order valence-electron chi connectivity index (χ0n) is 16.0. The van der Waals surface area contributed by atoms with Crippen molar-refractivity contribution in [3.8, 4) is 0 Å². The molecular formula is C20H27ClIN5O. The van der Waals surface area contributed by atoms with Gasteiger partial charge in [0.05, 0.1) is 31.5 Å². The van der Waals surface area contributed by atoms with Gasteiger partial charge in [-0.15, -0.1) is 24.0 Å². The van der Waals surface area contributed by atoms with Crippen molar-refractivity contribution in [2.24, 2.45) is 4.99 Å². The number of nitrogens with zero attached hydrogens (tertiary/aromatic N) is 3. The van der Waals surface area contributed by atoms with E-state index in [-0.39, 0.29) is 30.0 Å². The van der Waals surface area contributed by atoms with E-state index in [0.29, 0.717) is 6.54 Å². The molecule has 2 aromatic rings. The number of pyridine rings is 1. The number of aliphatic imine (C=N–C) groups is 1. The average Bonchev–Trinajstić information content (AvgIpc) is 2.72. The Hall–Kier alpha value is -1.42. The Balaban J connectivity index is 0.00000280. The van der Waals surface area contributed by atoms with E-state index < -0.39 is 0 Å².